The number of carboxylic acids is 1. The monoisotopic (exact) mass is 529 g/mol. The van der Waals surface area contributed by atoms with Crippen LogP contribution >= 0.6 is 11.6 Å². The summed E-state index contributed by atoms with van der Waals surface area (Å²) in [6.07, 6.45) is -0.258. The zero-order valence-corrected chi connectivity index (χ0v) is 21.2. The number of methoxy groups -OCH3 is 1. The predicted octanol–water partition coefficient (Wildman–Crippen LogP) is 5.40. The number of para-hydroxylation sites is 1. The number of benzene rings is 3. The highest BCUT2D eigenvalue weighted by molar-refractivity contribution is 6.30. The highest BCUT2D eigenvalue weighted by Gasteiger charge is 2.35. The van der Waals surface area contributed by atoms with Crippen LogP contribution in [0, 0.1) is 0 Å². The number of hydrogen-bond acceptors (Lipinski definition) is 5. The largest absolute Gasteiger partial charge is 0.497 e. The first kappa shape index (κ1) is 25.2. The van der Waals surface area contributed by atoms with E-state index in [1.807, 2.05) is 48.5 Å². The quantitative estimate of drug-likeness (QED) is 0.333. The van der Waals surface area contributed by atoms with Crippen LogP contribution in [0.3, 0.4) is 0 Å². The maximum atomic E-state index is 13.5. The van der Waals surface area contributed by atoms with Gasteiger partial charge in [0.05, 0.1) is 30.8 Å². The number of halogens is 1. The molecule has 0 saturated carbocycles. The fraction of sp³-hybridized carbons (Fsp3) is 0.172. The van der Waals surface area contributed by atoms with Crippen molar-refractivity contribution in [3.8, 4) is 16.9 Å². The Labute approximate surface area is 223 Å². The van der Waals surface area contributed by atoms with Crippen molar-refractivity contribution in [2.45, 2.75) is 25.3 Å². The molecule has 1 aliphatic rings. The van der Waals surface area contributed by atoms with Crippen LogP contribution in [-0.2, 0) is 9.59 Å². The normalized spacial score (nSPS) is 14.9. The molecule has 4 aromatic rings. The fourth-order valence-electron chi connectivity index (χ4n) is 4.74. The molecule has 1 aliphatic heterocycles. The average molecular weight is 530 g/mol. The first-order valence-electron chi connectivity index (χ1n) is 12.0. The summed E-state index contributed by atoms with van der Waals surface area (Å²) in [5.74, 6) is -0.847. The van der Waals surface area contributed by atoms with Crippen molar-refractivity contribution in [1.82, 2.24) is 9.99 Å². The second-order valence-electron chi connectivity index (χ2n) is 8.93. The van der Waals surface area contributed by atoms with Crippen LogP contribution < -0.4 is 10.3 Å². The molecule has 1 amide bonds. The van der Waals surface area contributed by atoms with Gasteiger partial charge in [-0.1, -0.05) is 54.1 Å². The molecule has 0 unspecified atom stereocenters. The molecule has 192 valence electrons. The molecular formula is C29H24ClN3O5. The third-order valence-electron chi connectivity index (χ3n) is 6.56. The second-order valence-corrected chi connectivity index (χ2v) is 9.36. The van der Waals surface area contributed by atoms with Gasteiger partial charge in [-0.25, -0.2) is 5.01 Å². The van der Waals surface area contributed by atoms with E-state index < -0.39 is 17.9 Å². The van der Waals surface area contributed by atoms with Crippen LogP contribution in [0.2, 0.25) is 5.02 Å². The maximum Gasteiger partial charge on any atom is 0.303 e. The number of H-pyrrole nitrogens is 1. The van der Waals surface area contributed by atoms with E-state index in [-0.39, 0.29) is 24.8 Å². The van der Waals surface area contributed by atoms with Crippen LogP contribution in [-0.4, -0.2) is 39.8 Å². The fourth-order valence-corrected chi connectivity index (χ4v) is 4.87. The Balaban J connectivity index is 1.67. The molecule has 2 heterocycles. The minimum Gasteiger partial charge on any atom is -0.497 e. The van der Waals surface area contributed by atoms with Gasteiger partial charge in [0.1, 0.15) is 5.75 Å². The van der Waals surface area contributed by atoms with E-state index >= 15 is 0 Å². The summed E-state index contributed by atoms with van der Waals surface area (Å²) >= 11 is 6.14. The Morgan fingerprint density at radius 2 is 1.74 bits per heavy atom. The minimum absolute atomic E-state index is 0.211. The molecule has 38 heavy (non-hydrogen) atoms. The Morgan fingerprint density at radius 3 is 2.42 bits per heavy atom. The number of nitrogens with one attached hydrogen (secondary N) is 1. The van der Waals surface area contributed by atoms with Gasteiger partial charge >= 0.3 is 5.97 Å². The van der Waals surface area contributed by atoms with E-state index in [0.717, 1.165) is 16.5 Å². The number of rotatable bonds is 7. The van der Waals surface area contributed by atoms with Crippen LogP contribution in [0.5, 0.6) is 5.75 Å². The van der Waals surface area contributed by atoms with Crippen molar-refractivity contribution in [3.05, 3.63) is 99.3 Å². The summed E-state index contributed by atoms with van der Waals surface area (Å²) in [6.45, 7) is 0. The Kier molecular flexibility index (Phi) is 6.98. The number of amides is 1. The molecular weight excluding hydrogens is 506 g/mol. The first-order valence-corrected chi connectivity index (χ1v) is 12.4. The third kappa shape index (κ3) is 4.90. The van der Waals surface area contributed by atoms with E-state index in [2.05, 4.69) is 10.1 Å². The van der Waals surface area contributed by atoms with Gasteiger partial charge in [0.15, 0.2) is 0 Å². The van der Waals surface area contributed by atoms with E-state index in [4.69, 9.17) is 21.4 Å². The molecule has 3 aromatic carbocycles. The molecule has 1 atom stereocenters. The second kappa shape index (κ2) is 10.5. The number of hydrazone groups is 1. The first-order chi connectivity index (χ1) is 18.4. The lowest BCUT2D eigenvalue weighted by molar-refractivity contribution is -0.141. The van der Waals surface area contributed by atoms with Gasteiger partial charge in [0, 0.05) is 34.3 Å². The molecule has 0 bridgehead atoms. The van der Waals surface area contributed by atoms with Gasteiger partial charge in [-0.15, -0.1) is 0 Å². The molecule has 9 heteroatoms. The number of ether oxygens (including phenoxy) is 1. The molecule has 5 rings (SSSR count). The summed E-state index contributed by atoms with van der Waals surface area (Å²) in [5.41, 5.74) is 3.40. The van der Waals surface area contributed by atoms with Gasteiger partial charge in [0.25, 0.3) is 5.56 Å². The maximum absolute atomic E-state index is 13.5. The number of aromatic nitrogens is 1. The van der Waals surface area contributed by atoms with Crippen molar-refractivity contribution >= 4 is 40.1 Å². The van der Waals surface area contributed by atoms with Crippen LogP contribution in [0.4, 0.5) is 0 Å². The molecule has 8 nitrogen and oxygen atoms in total. The van der Waals surface area contributed by atoms with Crippen LogP contribution in [0.15, 0.2) is 82.7 Å². The number of carbonyl (C=O) groups is 2. The summed E-state index contributed by atoms with van der Waals surface area (Å²) in [6, 6.07) is 21.4. The standard InChI is InChI=1S/C29H24ClN3O5/c1-38-20-12-8-17(9-13-20)24-16-23(32-33(24)25(34)14-15-26(35)36)28-27(18-6-10-19(30)11-7-18)21-4-2-3-5-22(21)31-29(28)37/h2-13,24H,14-16H2,1H3,(H,31,37)(H,35,36)/t24-/m0/s1. The van der Waals surface area contributed by atoms with E-state index in [0.29, 0.717) is 33.1 Å². The van der Waals surface area contributed by atoms with Crippen molar-refractivity contribution in [2.24, 2.45) is 5.10 Å². The summed E-state index contributed by atoms with van der Waals surface area (Å²) < 4.78 is 5.26. The summed E-state index contributed by atoms with van der Waals surface area (Å²) in [4.78, 5) is 40.8. The number of aromatic amines is 1. The Hall–Kier alpha value is -4.43. The highest BCUT2D eigenvalue weighted by atomic mass is 35.5. The molecule has 0 spiro atoms. The van der Waals surface area contributed by atoms with E-state index in [1.165, 1.54) is 5.01 Å². The number of nitrogens with zero attached hydrogens (tertiary/aromatic N) is 2. The number of carbonyl (C=O) groups excluding carboxylic acids is 1. The van der Waals surface area contributed by atoms with Crippen LogP contribution in [0.1, 0.15) is 36.4 Å². The number of carboxylic acid groups (broad SMARTS) is 1. The molecule has 0 aliphatic carbocycles. The topological polar surface area (TPSA) is 112 Å². The van der Waals surface area contributed by atoms with Crippen molar-refractivity contribution in [2.75, 3.05) is 7.11 Å². The highest BCUT2D eigenvalue weighted by Crippen LogP contribution is 2.37. The number of pyridine rings is 1. The summed E-state index contributed by atoms with van der Waals surface area (Å²) in [5, 5.41) is 16.5. The number of hydrogen-bond donors (Lipinski definition) is 2. The number of fused-ring (bicyclic) bond motifs is 1. The molecule has 1 aromatic heterocycles. The molecule has 0 saturated heterocycles. The molecule has 0 fully saturated rings. The van der Waals surface area contributed by atoms with Crippen molar-refractivity contribution in [1.29, 1.82) is 0 Å². The lowest BCUT2D eigenvalue weighted by Crippen LogP contribution is -2.27. The van der Waals surface area contributed by atoms with E-state index in [1.54, 1.807) is 31.4 Å². The lowest BCUT2D eigenvalue weighted by Gasteiger charge is -2.22. The third-order valence-corrected chi connectivity index (χ3v) is 6.81. The summed E-state index contributed by atoms with van der Waals surface area (Å²) in [7, 11) is 1.57. The Morgan fingerprint density at radius 1 is 1.03 bits per heavy atom. The molecule has 0 radical (unpaired) electrons. The van der Waals surface area contributed by atoms with Gasteiger partial charge < -0.3 is 14.8 Å². The smallest absolute Gasteiger partial charge is 0.303 e. The van der Waals surface area contributed by atoms with Gasteiger partial charge in [-0.2, -0.15) is 5.10 Å². The van der Waals surface area contributed by atoms with Gasteiger partial charge in [0.2, 0.25) is 5.91 Å². The number of aliphatic carboxylic acids is 1. The average Bonchev–Trinajstić information content (AvgIpc) is 3.36. The molecule has 2 N–H and O–H groups in total. The SMILES string of the molecule is COc1ccc([C@@H]2CC(c3c(-c4ccc(Cl)cc4)c4ccccc4[nH]c3=O)=NN2C(=O)CCC(=O)O)cc1. The Bertz CT molecular complexity index is 1610. The minimum atomic E-state index is -1.07. The zero-order valence-electron chi connectivity index (χ0n) is 20.5. The van der Waals surface area contributed by atoms with Crippen molar-refractivity contribution < 1.29 is 19.4 Å². The predicted molar refractivity (Wildman–Crippen MR) is 146 cm³/mol. The van der Waals surface area contributed by atoms with Crippen molar-refractivity contribution in [3.63, 3.8) is 0 Å². The van der Waals surface area contributed by atoms with Gasteiger partial charge in [-0.3, -0.25) is 14.4 Å². The zero-order chi connectivity index (χ0) is 26.8. The van der Waals surface area contributed by atoms with Crippen LogP contribution in [0.25, 0.3) is 22.0 Å². The van der Waals surface area contributed by atoms with E-state index in [9.17, 15) is 14.4 Å². The van der Waals surface area contributed by atoms with Gasteiger partial charge in [-0.05, 0) is 41.5 Å². The lowest BCUT2D eigenvalue weighted by atomic mass is 9.91.